The van der Waals surface area contributed by atoms with Crippen molar-refractivity contribution in [1.82, 2.24) is 9.80 Å². The maximum atomic E-state index is 12.3. The number of hydrogen-bond acceptors (Lipinski definition) is 3. The van der Waals surface area contributed by atoms with Crippen molar-refractivity contribution in [2.24, 2.45) is 11.7 Å². The van der Waals surface area contributed by atoms with Crippen molar-refractivity contribution in [3.8, 4) is 0 Å². The Bertz CT molecular complexity index is 351. The zero-order valence-electron chi connectivity index (χ0n) is 12.2. The van der Waals surface area contributed by atoms with Crippen molar-refractivity contribution in [2.45, 2.75) is 45.1 Å². The van der Waals surface area contributed by atoms with Crippen molar-refractivity contribution < 1.29 is 9.59 Å². The standard InChI is InChI=1S/C14H25N3O2.ClH/c1-11(18)16-6-3-7-17(9-8-16)14(19)10-12-4-2-5-13(12)15;/h12-13H,2-10,15H2,1H3;1H/t12-,13+;/m0./s1. The average Bonchev–Trinajstić information content (AvgIpc) is 2.66. The van der Waals surface area contributed by atoms with Crippen molar-refractivity contribution in [3.05, 3.63) is 0 Å². The van der Waals surface area contributed by atoms with Crippen molar-refractivity contribution in [1.29, 1.82) is 0 Å². The first-order valence-electron chi connectivity index (χ1n) is 7.37. The van der Waals surface area contributed by atoms with Gasteiger partial charge in [-0.2, -0.15) is 0 Å². The van der Waals surface area contributed by atoms with Crippen molar-refractivity contribution in [2.75, 3.05) is 26.2 Å². The SMILES string of the molecule is CC(=O)N1CCCN(C(=O)C[C@@H]2CCC[C@H]2N)CC1.Cl. The Morgan fingerprint density at radius 1 is 1.05 bits per heavy atom. The summed E-state index contributed by atoms with van der Waals surface area (Å²) < 4.78 is 0. The second kappa shape index (κ2) is 7.84. The average molecular weight is 304 g/mol. The molecule has 0 radical (unpaired) electrons. The smallest absolute Gasteiger partial charge is 0.222 e. The highest BCUT2D eigenvalue weighted by atomic mass is 35.5. The molecule has 5 nitrogen and oxygen atoms in total. The summed E-state index contributed by atoms with van der Waals surface area (Å²) in [6.45, 7) is 4.46. The largest absolute Gasteiger partial charge is 0.341 e. The number of nitrogens with two attached hydrogens (primary N) is 1. The third-order valence-electron chi connectivity index (χ3n) is 4.45. The van der Waals surface area contributed by atoms with Crippen molar-refractivity contribution >= 4 is 24.2 Å². The normalized spacial score (nSPS) is 26.9. The zero-order chi connectivity index (χ0) is 13.8. The minimum atomic E-state index is 0. The van der Waals surface area contributed by atoms with Gasteiger partial charge in [0.05, 0.1) is 0 Å². The molecule has 1 aliphatic heterocycles. The third kappa shape index (κ3) is 4.35. The van der Waals surface area contributed by atoms with E-state index in [1.807, 2.05) is 9.80 Å². The minimum Gasteiger partial charge on any atom is -0.341 e. The van der Waals surface area contributed by atoms with E-state index in [-0.39, 0.29) is 30.3 Å². The van der Waals surface area contributed by atoms with Gasteiger partial charge in [-0.1, -0.05) is 6.42 Å². The summed E-state index contributed by atoms with van der Waals surface area (Å²) in [7, 11) is 0. The van der Waals surface area contributed by atoms with E-state index in [0.717, 1.165) is 38.8 Å². The van der Waals surface area contributed by atoms with E-state index < -0.39 is 0 Å². The fraction of sp³-hybridized carbons (Fsp3) is 0.857. The Balaban J connectivity index is 0.00000200. The molecule has 6 heteroatoms. The fourth-order valence-corrected chi connectivity index (χ4v) is 3.15. The summed E-state index contributed by atoms with van der Waals surface area (Å²) in [5, 5.41) is 0. The van der Waals surface area contributed by atoms with Gasteiger partial charge in [-0.25, -0.2) is 0 Å². The molecule has 1 saturated carbocycles. The summed E-state index contributed by atoms with van der Waals surface area (Å²) in [5.74, 6) is 0.680. The van der Waals surface area contributed by atoms with E-state index in [2.05, 4.69) is 0 Å². The molecule has 20 heavy (non-hydrogen) atoms. The van der Waals surface area contributed by atoms with E-state index in [0.29, 0.717) is 25.4 Å². The van der Waals surface area contributed by atoms with Gasteiger partial charge in [-0.05, 0) is 25.2 Å². The van der Waals surface area contributed by atoms with Gasteiger partial charge in [-0.15, -0.1) is 12.4 Å². The van der Waals surface area contributed by atoms with Gasteiger partial charge in [0.25, 0.3) is 0 Å². The van der Waals surface area contributed by atoms with E-state index >= 15 is 0 Å². The molecule has 2 amide bonds. The molecular formula is C14H26ClN3O2. The Labute approximate surface area is 127 Å². The zero-order valence-corrected chi connectivity index (χ0v) is 13.0. The molecule has 1 aliphatic carbocycles. The molecule has 1 saturated heterocycles. The first-order valence-corrected chi connectivity index (χ1v) is 7.37. The molecule has 2 rings (SSSR count). The van der Waals surface area contributed by atoms with E-state index in [4.69, 9.17) is 5.73 Å². The summed E-state index contributed by atoms with van der Waals surface area (Å²) in [6.07, 6.45) is 4.75. The Kier molecular flexibility index (Phi) is 6.76. The van der Waals surface area contributed by atoms with Crippen LogP contribution >= 0.6 is 12.4 Å². The topological polar surface area (TPSA) is 66.6 Å². The lowest BCUT2D eigenvalue weighted by molar-refractivity contribution is -0.133. The molecule has 1 heterocycles. The van der Waals surface area contributed by atoms with Gasteiger partial charge < -0.3 is 15.5 Å². The van der Waals surface area contributed by atoms with Gasteiger partial charge in [0.15, 0.2) is 0 Å². The monoisotopic (exact) mass is 303 g/mol. The van der Waals surface area contributed by atoms with Crippen LogP contribution in [0, 0.1) is 5.92 Å². The van der Waals surface area contributed by atoms with Crippen LogP contribution in [0.3, 0.4) is 0 Å². The molecule has 0 spiro atoms. The molecule has 2 aliphatic rings. The molecule has 2 fully saturated rings. The van der Waals surface area contributed by atoms with Crippen LogP contribution in [0.1, 0.15) is 39.0 Å². The van der Waals surface area contributed by atoms with Gasteiger partial charge in [0, 0.05) is 45.6 Å². The van der Waals surface area contributed by atoms with Gasteiger partial charge >= 0.3 is 0 Å². The lowest BCUT2D eigenvalue weighted by Crippen LogP contribution is -2.38. The number of nitrogens with zero attached hydrogens (tertiary/aromatic N) is 2. The molecule has 0 aromatic carbocycles. The summed E-state index contributed by atoms with van der Waals surface area (Å²) in [5.41, 5.74) is 6.03. The van der Waals surface area contributed by atoms with Gasteiger partial charge in [-0.3, -0.25) is 9.59 Å². The van der Waals surface area contributed by atoms with E-state index in [1.54, 1.807) is 6.92 Å². The maximum Gasteiger partial charge on any atom is 0.222 e. The summed E-state index contributed by atoms with van der Waals surface area (Å²) in [6, 6.07) is 0.199. The van der Waals surface area contributed by atoms with Crippen LogP contribution in [0.15, 0.2) is 0 Å². The number of hydrogen-bond donors (Lipinski definition) is 1. The van der Waals surface area contributed by atoms with Crippen LogP contribution < -0.4 is 5.73 Å². The number of halogens is 1. The highest BCUT2D eigenvalue weighted by Gasteiger charge is 2.28. The number of rotatable bonds is 2. The van der Waals surface area contributed by atoms with Crippen LogP contribution in [0.4, 0.5) is 0 Å². The molecule has 0 unspecified atom stereocenters. The highest BCUT2D eigenvalue weighted by molar-refractivity contribution is 5.85. The quantitative estimate of drug-likeness (QED) is 0.828. The number of carbonyl (C=O) groups excluding carboxylic acids is 2. The molecule has 116 valence electrons. The van der Waals surface area contributed by atoms with Crippen LogP contribution in [0.25, 0.3) is 0 Å². The number of amides is 2. The van der Waals surface area contributed by atoms with E-state index in [1.165, 1.54) is 0 Å². The third-order valence-corrected chi connectivity index (χ3v) is 4.45. The molecule has 2 atom stereocenters. The number of carbonyl (C=O) groups is 2. The van der Waals surface area contributed by atoms with Crippen LogP contribution in [-0.4, -0.2) is 53.8 Å². The fourth-order valence-electron chi connectivity index (χ4n) is 3.15. The Morgan fingerprint density at radius 2 is 1.70 bits per heavy atom. The molecule has 0 bridgehead atoms. The second-order valence-corrected chi connectivity index (χ2v) is 5.80. The molecule has 0 aromatic heterocycles. The minimum absolute atomic E-state index is 0. The molecular weight excluding hydrogens is 278 g/mol. The molecule has 0 aromatic rings. The first-order chi connectivity index (χ1) is 9.08. The Hall–Kier alpha value is -0.810. The second-order valence-electron chi connectivity index (χ2n) is 5.80. The Morgan fingerprint density at radius 3 is 2.30 bits per heavy atom. The summed E-state index contributed by atoms with van der Waals surface area (Å²) >= 11 is 0. The summed E-state index contributed by atoms with van der Waals surface area (Å²) in [4.78, 5) is 27.4. The lowest BCUT2D eigenvalue weighted by Gasteiger charge is -2.24. The van der Waals surface area contributed by atoms with Crippen LogP contribution in [0.5, 0.6) is 0 Å². The van der Waals surface area contributed by atoms with Gasteiger partial charge in [0.1, 0.15) is 0 Å². The van der Waals surface area contributed by atoms with Crippen LogP contribution in [0.2, 0.25) is 0 Å². The van der Waals surface area contributed by atoms with Crippen molar-refractivity contribution in [3.63, 3.8) is 0 Å². The first kappa shape index (κ1) is 17.2. The maximum absolute atomic E-state index is 12.3. The van der Waals surface area contributed by atoms with Crippen LogP contribution in [-0.2, 0) is 9.59 Å². The predicted octanol–water partition coefficient (Wildman–Crippen LogP) is 1.01. The van der Waals surface area contributed by atoms with E-state index in [9.17, 15) is 9.59 Å². The molecule has 2 N–H and O–H groups in total. The van der Waals surface area contributed by atoms with Gasteiger partial charge in [0.2, 0.25) is 11.8 Å². The predicted molar refractivity (Wildman–Crippen MR) is 80.6 cm³/mol. The highest BCUT2D eigenvalue weighted by Crippen LogP contribution is 2.27. The lowest BCUT2D eigenvalue weighted by atomic mass is 9.99.